The number of nitrogens with one attached hydrogen (secondary N) is 1. The van der Waals surface area contributed by atoms with Crippen molar-refractivity contribution in [3.8, 4) is 0 Å². The molecular formula is C22H29NO. The molecule has 2 heteroatoms. The molecule has 3 rings (SSSR count). The van der Waals surface area contributed by atoms with Gasteiger partial charge in [-0.05, 0) is 43.9 Å². The standard InChI is InChI=1S/C22H29NO/c1-3-24-22(19-10-6-4-7-11-19,20-12-8-5-9-13-20)21(23-2)17-16-18-14-15-18/h4-13,18,21,23H,3,14-17H2,1-2H3. The first-order chi connectivity index (χ1) is 11.8. The topological polar surface area (TPSA) is 21.3 Å². The quantitative estimate of drug-likeness (QED) is 0.719. The minimum absolute atomic E-state index is 0.253. The van der Waals surface area contributed by atoms with Crippen LogP contribution >= 0.6 is 0 Å². The first-order valence-corrected chi connectivity index (χ1v) is 9.23. The van der Waals surface area contributed by atoms with Gasteiger partial charge in [-0.3, -0.25) is 0 Å². The van der Waals surface area contributed by atoms with E-state index in [1.165, 1.54) is 30.4 Å². The molecule has 1 unspecified atom stereocenters. The molecule has 2 aromatic rings. The van der Waals surface area contributed by atoms with Gasteiger partial charge in [0.2, 0.25) is 0 Å². The lowest BCUT2D eigenvalue weighted by Gasteiger charge is -2.41. The lowest BCUT2D eigenvalue weighted by Crippen LogP contribution is -2.50. The number of hydrogen-bond acceptors (Lipinski definition) is 2. The zero-order valence-corrected chi connectivity index (χ0v) is 14.9. The van der Waals surface area contributed by atoms with E-state index in [0.29, 0.717) is 6.61 Å². The molecule has 2 nitrogen and oxygen atoms in total. The highest BCUT2D eigenvalue weighted by Gasteiger charge is 2.42. The van der Waals surface area contributed by atoms with Gasteiger partial charge < -0.3 is 10.1 Å². The molecule has 0 aromatic heterocycles. The summed E-state index contributed by atoms with van der Waals surface area (Å²) >= 11 is 0. The van der Waals surface area contributed by atoms with Gasteiger partial charge in [0.1, 0.15) is 5.60 Å². The zero-order chi connectivity index (χ0) is 16.8. The number of ether oxygens (including phenoxy) is 1. The number of rotatable bonds is 9. The maximum absolute atomic E-state index is 6.54. The van der Waals surface area contributed by atoms with Crippen molar-refractivity contribution in [1.29, 1.82) is 0 Å². The summed E-state index contributed by atoms with van der Waals surface area (Å²) < 4.78 is 6.54. The van der Waals surface area contributed by atoms with Gasteiger partial charge in [-0.1, -0.05) is 73.5 Å². The van der Waals surface area contributed by atoms with Crippen LogP contribution in [0.1, 0.15) is 43.7 Å². The van der Waals surface area contributed by atoms with Gasteiger partial charge in [-0.25, -0.2) is 0 Å². The lowest BCUT2D eigenvalue weighted by atomic mass is 9.77. The summed E-state index contributed by atoms with van der Waals surface area (Å²) in [5.74, 6) is 0.923. The van der Waals surface area contributed by atoms with Crippen molar-refractivity contribution in [2.45, 2.75) is 44.2 Å². The van der Waals surface area contributed by atoms with Crippen LogP contribution in [0.4, 0.5) is 0 Å². The second kappa shape index (κ2) is 7.96. The largest absolute Gasteiger partial charge is 0.364 e. The van der Waals surface area contributed by atoms with Gasteiger partial charge in [0.25, 0.3) is 0 Å². The number of benzene rings is 2. The SMILES string of the molecule is CCOC(c1ccccc1)(c1ccccc1)C(CCC1CC1)NC. The summed E-state index contributed by atoms with van der Waals surface area (Å²) in [6.07, 6.45) is 5.20. The van der Waals surface area contributed by atoms with E-state index < -0.39 is 5.60 Å². The van der Waals surface area contributed by atoms with E-state index in [1.807, 2.05) is 0 Å². The molecule has 0 saturated heterocycles. The van der Waals surface area contributed by atoms with E-state index >= 15 is 0 Å². The van der Waals surface area contributed by atoms with Crippen molar-refractivity contribution >= 4 is 0 Å². The Morgan fingerprint density at radius 3 is 1.96 bits per heavy atom. The van der Waals surface area contributed by atoms with Crippen LogP contribution in [0.2, 0.25) is 0 Å². The van der Waals surface area contributed by atoms with Crippen molar-refractivity contribution in [2.24, 2.45) is 5.92 Å². The molecule has 0 amide bonds. The van der Waals surface area contributed by atoms with E-state index in [-0.39, 0.29) is 6.04 Å². The molecule has 1 atom stereocenters. The van der Waals surface area contributed by atoms with E-state index in [0.717, 1.165) is 12.3 Å². The van der Waals surface area contributed by atoms with Crippen LogP contribution in [0, 0.1) is 5.92 Å². The van der Waals surface area contributed by atoms with E-state index in [9.17, 15) is 0 Å². The Hall–Kier alpha value is -1.64. The number of likely N-dealkylation sites (N-methyl/N-ethyl adjacent to an activating group) is 1. The van der Waals surface area contributed by atoms with Gasteiger partial charge in [0.05, 0.1) is 0 Å². The average molecular weight is 323 g/mol. The van der Waals surface area contributed by atoms with Crippen molar-refractivity contribution in [1.82, 2.24) is 5.32 Å². The third kappa shape index (κ3) is 3.55. The molecule has 0 bridgehead atoms. The average Bonchev–Trinajstić information content (AvgIpc) is 3.47. The third-order valence-corrected chi connectivity index (χ3v) is 5.18. The zero-order valence-electron chi connectivity index (χ0n) is 14.9. The van der Waals surface area contributed by atoms with Crippen molar-refractivity contribution < 1.29 is 4.74 Å². The highest BCUT2D eigenvalue weighted by atomic mass is 16.5. The molecule has 24 heavy (non-hydrogen) atoms. The Morgan fingerprint density at radius 2 is 1.54 bits per heavy atom. The third-order valence-electron chi connectivity index (χ3n) is 5.18. The van der Waals surface area contributed by atoms with Gasteiger partial charge >= 0.3 is 0 Å². The maximum atomic E-state index is 6.54. The second-order valence-electron chi connectivity index (χ2n) is 6.76. The van der Waals surface area contributed by atoms with Crippen LogP contribution in [-0.2, 0) is 10.3 Å². The van der Waals surface area contributed by atoms with Gasteiger partial charge in [-0.2, -0.15) is 0 Å². The van der Waals surface area contributed by atoms with Crippen LogP contribution in [0.5, 0.6) is 0 Å². The predicted octanol–water partition coefficient (Wildman–Crippen LogP) is 4.74. The van der Waals surface area contributed by atoms with E-state index in [4.69, 9.17) is 4.74 Å². The second-order valence-corrected chi connectivity index (χ2v) is 6.76. The molecule has 0 radical (unpaired) electrons. The van der Waals surface area contributed by atoms with Crippen LogP contribution in [0.25, 0.3) is 0 Å². The Bertz CT molecular complexity index is 567. The highest BCUT2D eigenvalue weighted by molar-refractivity contribution is 5.38. The summed E-state index contributed by atoms with van der Waals surface area (Å²) in [5, 5.41) is 3.58. The number of hydrogen-bond donors (Lipinski definition) is 1. The molecule has 2 aromatic carbocycles. The molecule has 1 fully saturated rings. The molecule has 0 aliphatic heterocycles. The molecule has 1 N–H and O–H groups in total. The first-order valence-electron chi connectivity index (χ1n) is 9.23. The molecule has 0 spiro atoms. The summed E-state index contributed by atoms with van der Waals surface area (Å²) in [6.45, 7) is 2.78. The van der Waals surface area contributed by atoms with Crippen LogP contribution in [0.3, 0.4) is 0 Å². The lowest BCUT2D eigenvalue weighted by molar-refractivity contribution is -0.0410. The summed E-state index contributed by atoms with van der Waals surface area (Å²) in [7, 11) is 2.07. The molecular weight excluding hydrogens is 294 g/mol. The van der Waals surface area contributed by atoms with Crippen LogP contribution in [0.15, 0.2) is 60.7 Å². The highest BCUT2D eigenvalue weighted by Crippen LogP contribution is 2.41. The molecule has 128 valence electrons. The first kappa shape index (κ1) is 17.2. The van der Waals surface area contributed by atoms with Gasteiger partial charge in [0.15, 0.2) is 0 Å². The fraction of sp³-hybridized carbons (Fsp3) is 0.455. The fourth-order valence-corrected chi connectivity index (χ4v) is 3.80. The maximum Gasteiger partial charge on any atom is 0.133 e. The molecule has 1 saturated carbocycles. The van der Waals surface area contributed by atoms with Crippen LogP contribution in [-0.4, -0.2) is 19.7 Å². The Morgan fingerprint density at radius 1 is 1.00 bits per heavy atom. The van der Waals surface area contributed by atoms with Crippen molar-refractivity contribution in [3.05, 3.63) is 71.8 Å². The predicted molar refractivity (Wildman–Crippen MR) is 100 cm³/mol. The minimum atomic E-state index is -0.444. The normalized spacial score (nSPS) is 16.1. The molecule has 1 aliphatic carbocycles. The smallest absolute Gasteiger partial charge is 0.133 e. The molecule has 1 aliphatic rings. The Kier molecular flexibility index (Phi) is 5.70. The van der Waals surface area contributed by atoms with Crippen molar-refractivity contribution in [3.63, 3.8) is 0 Å². The Labute approximate surface area is 146 Å². The monoisotopic (exact) mass is 323 g/mol. The summed E-state index contributed by atoms with van der Waals surface area (Å²) in [5.41, 5.74) is 2.02. The summed E-state index contributed by atoms with van der Waals surface area (Å²) in [6, 6.07) is 21.6. The van der Waals surface area contributed by atoms with Crippen LogP contribution < -0.4 is 5.32 Å². The molecule has 0 heterocycles. The van der Waals surface area contributed by atoms with E-state index in [2.05, 4.69) is 80.0 Å². The van der Waals surface area contributed by atoms with E-state index in [1.54, 1.807) is 0 Å². The Balaban J connectivity index is 2.05. The fourth-order valence-electron chi connectivity index (χ4n) is 3.80. The summed E-state index contributed by atoms with van der Waals surface area (Å²) in [4.78, 5) is 0. The van der Waals surface area contributed by atoms with Crippen molar-refractivity contribution in [2.75, 3.05) is 13.7 Å². The minimum Gasteiger partial charge on any atom is -0.364 e. The van der Waals surface area contributed by atoms with Gasteiger partial charge in [-0.15, -0.1) is 0 Å². The van der Waals surface area contributed by atoms with Gasteiger partial charge in [0, 0.05) is 12.6 Å².